The van der Waals surface area contributed by atoms with Crippen molar-refractivity contribution >= 4 is 28.5 Å². The highest BCUT2D eigenvalue weighted by Gasteiger charge is 2.42. The van der Waals surface area contributed by atoms with Crippen LogP contribution in [-0.4, -0.2) is 40.1 Å². The van der Waals surface area contributed by atoms with Gasteiger partial charge in [-0.25, -0.2) is 9.78 Å². The molecule has 114 valence electrons. The monoisotopic (exact) mass is 309 g/mol. The van der Waals surface area contributed by atoms with Gasteiger partial charge >= 0.3 is 12.0 Å². The predicted molar refractivity (Wildman–Crippen MR) is 79.7 cm³/mol. The highest BCUT2D eigenvalue weighted by atomic mass is 32.1. The maximum atomic E-state index is 12.2. The Labute approximate surface area is 127 Å². The van der Waals surface area contributed by atoms with Crippen LogP contribution in [-0.2, 0) is 4.79 Å². The van der Waals surface area contributed by atoms with Crippen molar-refractivity contribution in [3.63, 3.8) is 0 Å². The van der Waals surface area contributed by atoms with Crippen molar-refractivity contribution in [2.45, 2.75) is 38.5 Å². The van der Waals surface area contributed by atoms with Crippen LogP contribution < -0.4 is 5.32 Å². The highest BCUT2D eigenvalue weighted by Crippen LogP contribution is 2.37. The van der Waals surface area contributed by atoms with Gasteiger partial charge in [0.25, 0.3) is 0 Å². The van der Waals surface area contributed by atoms with E-state index in [1.54, 1.807) is 11.8 Å². The van der Waals surface area contributed by atoms with E-state index in [4.69, 9.17) is 0 Å². The van der Waals surface area contributed by atoms with Gasteiger partial charge in [-0.15, -0.1) is 11.3 Å². The third-order valence-corrected chi connectivity index (χ3v) is 5.31. The number of carboxylic acid groups (broad SMARTS) is 1. The smallest absolute Gasteiger partial charge is 0.323 e. The molecule has 2 N–H and O–H groups in total. The Kier molecular flexibility index (Phi) is 3.61. The van der Waals surface area contributed by atoms with Gasteiger partial charge in [-0.05, 0) is 26.2 Å². The normalized spacial score (nSPS) is 25.7. The summed E-state index contributed by atoms with van der Waals surface area (Å²) >= 11 is 1.43. The minimum Gasteiger partial charge on any atom is -0.481 e. The van der Waals surface area contributed by atoms with Crippen LogP contribution >= 0.6 is 11.3 Å². The van der Waals surface area contributed by atoms with Crippen molar-refractivity contribution in [2.75, 3.05) is 18.4 Å². The zero-order valence-electron chi connectivity index (χ0n) is 12.0. The van der Waals surface area contributed by atoms with Gasteiger partial charge in [0.1, 0.15) is 0 Å². The van der Waals surface area contributed by atoms with Gasteiger partial charge in [0.05, 0.1) is 11.1 Å². The molecule has 6 nitrogen and oxygen atoms in total. The summed E-state index contributed by atoms with van der Waals surface area (Å²) in [4.78, 5) is 29.4. The number of rotatable bonds is 3. The maximum Gasteiger partial charge on any atom is 0.323 e. The van der Waals surface area contributed by atoms with Crippen molar-refractivity contribution in [1.29, 1.82) is 0 Å². The number of aromatic nitrogens is 1. The van der Waals surface area contributed by atoms with Crippen LogP contribution in [0.25, 0.3) is 0 Å². The molecule has 3 rings (SSSR count). The predicted octanol–water partition coefficient (Wildman–Crippen LogP) is 2.74. The lowest BCUT2D eigenvalue weighted by atomic mass is 9.83. The molecule has 1 saturated carbocycles. The lowest BCUT2D eigenvalue weighted by Crippen LogP contribution is -2.37. The first-order valence-electron chi connectivity index (χ1n) is 7.23. The van der Waals surface area contributed by atoms with Crippen molar-refractivity contribution in [3.8, 4) is 0 Å². The van der Waals surface area contributed by atoms with E-state index in [2.05, 4.69) is 10.3 Å². The molecule has 0 radical (unpaired) electrons. The summed E-state index contributed by atoms with van der Waals surface area (Å²) in [5, 5.41) is 14.6. The molecule has 21 heavy (non-hydrogen) atoms. The Bertz CT molecular complexity index is 570. The number of hydrogen-bond donors (Lipinski definition) is 2. The lowest BCUT2D eigenvalue weighted by Gasteiger charge is -2.23. The van der Waals surface area contributed by atoms with E-state index in [-0.39, 0.29) is 12.6 Å². The summed E-state index contributed by atoms with van der Waals surface area (Å²) in [5.74, 6) is -0.298. The van der Waals surface area contributed by atoms with Crippen LogP contribution in [0.1, 0.15) is 44.2 Å². The van der Waals surface area contributed by atoms with E-state index in [1.165, 1.54) is 30.6 Å². The summed E-state index contributed by atoms with van der Waals surface area (Å²) in [7, 11) is 0. The third-order valence-electron chi connectivity index (χ3n) is 4.54. The van der Waals surface area contributed by atoms with E-state index < -0.39 is 11.4 Å². The van der Waals surface area contributed by atoms with Crippen LogP contribution in [0.2, 0.25) is 0 Å². The van der Waals surface area contributed by atoms with Crippen LogP contribution in [0, 0.1) is 5.41 Å². The second-order valence-corrected chi connectivity index (χ2v) is 7.03. The van der Waals surface area contributed by atoms with Crippen LogP contribution in [0.4, 0.5) is 9.93 Å². The first kappa shape index (κ1) is 14.3. The van der Waals surface area contributed by atoms with Gasteiger partial charge in [0, 0.05) is 24.4 Å². The quantitative estimate of drug-likeness (QED) is 0.899. The summed E-state index contributed by atoms with van der Waals surface area (Å²) in [6.45, 7) is 2.39. The number of likely N-dealkylation sites (tertiary alicyclic amines) is 1. The fraction of sp³-hybridized carbons (Fsp3) is 0.643. The maximum absolute atomic E-state index is 12.2. The molecule has 2 heterocycles. The molecule has 1 unspecified atom stereocenters. The van der Waals surface area contributed by atoms with E-state index in [0.29, 0.717) is 24.0 Å². The zero-order valence-corrected chi connectivity index (χ0v) is 12.8. The van der Waals surface area contributed by atoms with Crippen molar-refractivity contribution in [3.05, 3.63) is 11.1 Å². The summed E-state index contributed by atoms with van der Waals surface area (Å²) in [6, 6.07) is -0.255. The summed E-state index contributed by atoms with van der Waals surface area (Å²) in [5.41, 5.74) is 0.232. The molecule has 0 spiro atoms. The SMILES string of the molecule is CC1(C(=O)O)CCN(C(=O)Nc2nc(C3CCC3)cs2)C1. The number of thiazole rings is 1. The highest BCUT2D eigenvalue weighted by molar-refractivity contribution is 7.13. The largest absolute Gasteiger partial charge is 0.481 e. The molecule has 2 amide bonds. The van der Waals surface area contributed by atoms with E-state index in [1.807, 2.05) is 5.38 Å². The number of anilines is 1. The summed E-state index contributed by atoms with van der Waals surface area (Å²) in [6.07, 6.45) is 4.10. The molecular weight excluding hydrogens is 290 g/mol. The number of hydrogen-bond acceptors (Lipinski definition) is 4. The molecule has 0 aromatic carbocycles. The molecule has 1 aromatic heterocycles. The number of nitrogens with zero attached hydrogens (tertiary/aromatic N) is 2. The van der Waals surface area contributed by atoms with E-state index in [0.717, 1.165) is 5.69 Å². The number of carbonyl (C=O) groups excluding carboxylic acids is 1. The molecule has 1 saturated heterocycles. The number of nitrogens with one attached hydrogen (secondary N) is 1. The van der Waals surface area contributed by atoms with Gasteiger partial charge in [-0.1, -0.05) is 6.42 Å². The van der Waals surface area contributed by atoms with Crippen molar-refractivity contribution in [2.24, 2.45) is 5.41 Å². The molecule has 2 fully saturated rings. The van der Waals surface area contributed by atoms with Crippen molar-refractivity contribution in [1.82, 2.24) is 9.88 Å². The molecule has 2 aliphatic rings. The van der Waals surface area contributed by atoms with Gasteiger partial charge in [-0.3, -0.25) is 10.1 Å². The Balaban J connectivity index is 1.59. The van der Waals surface area contributed by atoms with Gasteiger partial charge in [0.15, 0.2) is 5.13 Å². The molecule has 1 aliphatic carbocycles. The minimum absolute atomic E-state index is 0.245. The van der Waals surface area contributed by atoms with Gasteiger partial charge in [-0.2, -0.15) is 0 Å². The third kappa shape index (κ3) is 2.74. The fourth-order valence-electron chi connectivity index (χ4n) is 2.71. The number of carbonyl (C=O) groups is 2. The average Bonchev–Trinajstić information content (AvgIpc) is 2.95. The molecule has 0 bridgehead atoms. The van der Waals surface area contributed by atoms with E-state index >= 15 is 0 Å². The Morgan fingerprint density at radius 1 is 1.52 bits per heavy atom. The molecular formula is C14H19N3O3S. The number of aliphatic carboxylic acids is 1. The summed E-state index contributed by atoms with van der Waals surface area (Å²) < 4.78 is 0. The first-order valence-corrected chi connectivity index (χ1v) is 8.11. The van der Waals surface area contributed by atoms with Crippen LogP contribution in [0.15, 0.2) is 5.38 Å². The van der Waals surface area contributed by atoms with Gasteiger partial charge < -0.3 is 10.0 Å². The lowest BCUT2D eigenvalue weighted by molar-refractivity contribution is -0.146. The number of carboxylic acids is 1. The topological polar surface area (TPSA) is 82.5 Å². The Hall–Kier alpha value is -1.63. The van der Waals surface area contributed by atoms with Gasteiger partial charge in [0.2, 0.25) is 0 Å². The Morgan fingerprint density at radius 2 is 2.29 bits per heavy atom. The fourth-order valence-corrected chi connectivity index (χ4v) is 3.50. The second-order valence-electron chi connectivity index (χ2n) is 6.17. The van der Waals surface area contributed by atoms with Crippen LogP contribution in [0.5, 0.6) is 0 Å². The minimum atomic E-state index is -0.848. The molecule has 1 aromatic rings. The first-order chi connectivity index (χ1) is 9.98. The zero-order chi connectivity index (χ0) is 15.0. The molecule has 1 atom stereocenters. The van der Waals surface area contributed by atoms with Crippen LogP contribution in [0.3, 0.4) is 0 Å². The molecule has 1 aliphatic heterocycles. The average molecular weight is 309 g/mol. The number of urea groups is 1. The second kappa shape index (κ2) is 5.29. The standard InChI is InChI=1S/C14H19N3O3S/c1-14(11(18)19)5-6-17(8-14)13(20)16-12-15-10(7-21-12)9-3-2-4-9/h7,9H,2-6,8H2,1H3,(H,18,19)(H,15,16,20). The Morgan fingerprint density at radius 3 is 2.86 bits per heavy atom. The van der Waals surface area contributed by atoms with Crippen molar-refractivity contribution < 1.29 is 14.7 Å². The molecule has 7 heteroatoms. The number of amides is 2. The van der Waals surface area contributed by atoms with E-state index in [9.17, 15) is 14.7 Å².